The highest BCUT2D eigenvalue weighted by Gasteiger charge is 2.45. The van der Waals surface area contributed by atoms with E-state index < -0.39 is 11.6 Å². The molecule has 0 saturated heterocycles. The number of benzene rings is 1. The van der Waals surface area contributed by atoms with Crippen molar-refractivity contribution in [2.24, 2.45) is 0 Å². The Balaban J connectivity index is 1.76. The molecular formula is C26H28FN3O4. The fourth-order valence-corrected chi connectivity index (χ4v) is 5.15. The Kier molecular flexibility index (Phi) is 5.33. The van der Waals surface area contributed by atoms with Gasteiger partial charge in [-0.3, -0.25) is 4.79 Å². The second-order valence-electron chi connectivity index (χ2n) is 9.55. The lowest BCUT2D eigenvalue weighted by Gasteiger charge is -2.31. The number of hydrogen-bond donors (Lipinski definition) is 1. The first-order valence-corrected chi connectivity index (χ1v) is 11.6. The number of fused-ring (bicyclic) bond motifs is 5. The molecule has 0 unspecified atom stereocenters. The lowest BCUT2D eigenvalue weighted by atomic mass is 9.86. The highest BCUT2D eigenvalue weighted by molar-refractivity contribution is 5.89. The summed E-state index contributed by atoms with van der Waals surface area (Å²) >= 11 is 0. The quantitative estimate of drug-likeness (QED) is 0.456. The van der Waals surface area contributed by atoms with Crippen LogP contribution in [0, 0.1) is 12.7 Å². The first kappa shape index (κ1) is 22.7. The molecule has 4 heterocycles. The molecule has 0 amide bonds. The van der Waals surface area contributed by atoms with Gasteiger partial charge in [-0.05, 0) is 70.1 Å². The first-order chi connectivity index (χ1) is 16.2. The van der Waals surface area contributed by atoms with Crippen LogP contribution in [0.1, 0.15) is 47.6 Å². The van der Waals surface area contributed by atoms with E-state index in [4.69, 9.17) is 9.72 Å². The number of aryl methyl sites for hydroxylation is 2. The molecule has 1 N–H and O–H groups in total. The van der Waals surface area contributed by atoms with Crippen molar-refractivity contribution >= 4 is 16.9 Å². The highest BCUT2D eigenvalue weighted by Crippen LogP contribution is 2.40. The van der Waals surface area contributed by atoms with Gasteiger partial charge in [-0.25, -0.2) is 14.2 Å². The Morgan fingerprint density at radius 2 is 2.00 bits per heavy atom. The number of pyridine rings is 2. The summed E-state index contributed by atoms with van der Waals surface area (Å²) in [6, 6.07) is 4.97. The number of carbonyl (C=O) groups excluding carboxylic acids is 1. The normalized spacial score (nSPS) is 18.7. The van der Waals surface area contributed by atoms with Crippen molar-refractivity contribution < 1.29 is 19.0 Å². The van der Waals surface area contributed by atoms with Crippen molar-refractivity contribution in [3.63, 3.8) is 0 Å². The Labute approximate surface area is 196 Å². The molecule has 0 aliphatic carbocycles. The molecule has 0 radical (unpaired) electrons. The molecule has 1 atom stereocenters. The number of ether oxygens (including phenoxy) is 1. The zero-order chi connectivity index (χ0) is 24.4. The van der Waals surface area contributed by atoms with Crippen LogP contribution in [0.5, 0.6) is 0 Å². The third kappa shape index (κ3) is 3.27. The van der Waals surface area contributed by atoms with Crippen LogP contribution in [-0.2, 0) is 34.7 Å². The van der Waals surface area contributed by atoms with Gasteiger partial charge in [0.25, 0.3) is 5.56 Å². The predicted octanol–water partition coefficient (Wildman–Crippen LogP) is 3.02. The standard InChI is InChI=1S/C26H28FN3O4/c1-5-26(33)19-10-22-23-17(12-30(22)24(31)18(19)13-34-25(26)32)15(7-6-8-29(3)4)16-9-14(2)20(27)11-21(16)28-23/h9-11,33H,5-8,12-13H2,1-4H3/t26-/m0/s1. The minimum Gasteiger partial charge on any atom is -0.458 e. The number of cyclic esters (lactones) is 1. The van der Waals surface area contributed by atoms with Crippen LogP contribution in [0.25, 0.3) is 22.3 Å². The molecule has 0 fully saturated rings. The second kappa shape index (κ2) is 7.99. The molecule has 0 saturated carbocycles. The van der Waals surface area contributed by atoms with Crippen LogP contribution in [0.15, 0.2) is 23.0 Å². The number of nitrogens with zero attached hydrogens (tertiary/aromatic N) is 3. The average molecular weight is 466 g/mol. The van der Waals surface area contributed by atoms with Crippen LogP contribution >= 0.6 is 0 Å². The van der Waals surface area contributed by atoms with Crippen LogP contribution in [0.3, 0.4) is 0 Å². The second-order valence-corrected chi connectivity index (χ2v) is 9.55. The Hall–Kier alpha value is -3.10. The molecule has 8 heteroatoms. The molecule has 2 aromatic heterocycles. The molecule has 2 aliphatic heterocycles. The third-order valence-corrected chi connectivity index (χ3v) is 7.12. The van der Waals surface area contributed by atoms with E-state index in [1.165, 1.54) is 6.07 Å². The average Bonchev–Trinajstić information content (AvgIpc) is 3.16. The molecule has 2 aliphatic rings. The van der Waals surface area contributed by atoms with Crippen molar-refractivity contribution in [1.82, 2.24) is 14.5 Å². The summed E-state index contributed by atoms with van der Waals surface area (Å²) in [5, 5.41) is 12.0. The monoisotopic (exact) mass is 465 g/mol. The van der Waals surface area contributed by atoms with Gasteiger partial charge in [0.15, 0.2) is 5.60 Å². The summed E-state index contributed by atoms with van der Waals surface area (Å²) in [5.74, 6) is -1.08. The van der Waals surface area contributed by atoms with Gasteiger partial charge >= 0.3 is 5.97 Å². The van der Waals surface area contributed by atoms with Crippen LogP contribution < -0.4 is 5.56 Å². The minimum atomic E-state index is -1.88. The highest BCUT2D eigenvalue weighted by atomic mass is 19.1. The third-order valence-electron chi connectivity index (χ3n) is 7.12. The van der Waals surface area contributed by atoms with Gasteiger partial charge in [0, 0.05) is 22.6 Å². The van der Waals surface area contributed by atoms with Crippen LogP contribution in [-0.4, -0.2) is 46.2 Å². The largest absolute Gasteiger partial charge is 0.458 e. The van der Waals surface area contributed by atoms with Crippen molar-refractivity contribution in [2.75, 3.05) is 20.6 Å². The van der Waals surface area contributed by atoms with Crippen LogP contribution in [0.2, 0.25) is 0 Å². The molecule has 7 nitrogen and oxygen atoms in total. The van der Waals surface area contributed by atoms with E-state index in [-0.39, 0.29) is 30.0 Å². The van der Waals surface area contributed by atoms with Crippen molar-refractivity contribution in [3.8, 4) is 11.4 Å². The van der Waals surface area contributed by atoms with E-state index in [2.05, 4.69) is 4.90 Å². The molecule has 178 valence electrons. The zero-order valence-electron chi connectivity index (χ0n) is 19.9. The number of carbonyl (C=O) groups is 1. The van der Waals surface area contributed by atoms with Gasteiger partial charge in [-0.15, -0.1) is 0 Å². The van der Waals surface area contributed by atoms with Gasteiger partial charge < -0.3 is 19.3 Å². The molecule has 0 spiro atoms. The first-order valence-electron chi connectivity index (χ1n) is 11.6. The van der Waals surface area contributed by atoms with Gasteiger partial charge in [-0.2, -0.15) is 0 Å². The van der Waals surface area contributed by atoms with E-state index >= 15 is 0 Å². The molecular weight excluding hydrogens is 437 g/mol. The van der Waals surface area contributed by atoms with E-state index in [0.717, 1.165) is 35.9 Å². The van der Waals surface area contributed by atoms with Gasteiger partial charge in [-0.1, -0.05) is 6.92 Å². The van der Waals surface area contributed by atoms with Crippen LogP contribution in [0.4, 0.5) is 4.39 Å². The zero-order valence-corrected chi connectivity index (χ0v) is 19.9. The Morgan fingerprint density at radius 1 is 1.24 bits per heavy atom. The lowest BCUT2D eigenvalue weighted by molar-refractivity contribution is -0.172. The molecule has 3 aromatic rings. The molecule has 34 heavy (non-hydrogen) atoms. The molecule has 0 bridgehead atoms. The number of rotatable bonds is 5. The summed E-state index contributed by atoms with van der Waals surface area (Å²) in [7, 11) is 4.04. The smallest absolute Gasteiger partial charge is 0.343 e. The summed E-state index contributed by atoms with van der Waals surface area (Å²) < 4.78 is 21.3. The number of aliphatic hydroxyl groups is 1. The Bertz CT molecular complexity index is 1410. The number of halogens is 1. The van der Waals surface area contributed by atoms with Gasteiger partial charge in [0.05, 0.1) is 29.0 Å². The van der Waals surface area contributed by atoms with E-state index in [0.29, 0.717) is 34.6 Å². The number of hydrogen-bond acceptors (Lipinski definition) is 6. The topological polar surface area (TPSA) is 84.7 Å². The summed E-state index contributed by atoms with van der Waals surface area (Å²) in [6.45, 7) is 4.48. The van der Waals surface area contributed by atoms with Crippen molar-refractivity contribution in [1.29, 1.82) is 0 Å². The maximum absolute atomic E-state index is 14.5. The van der Waals surface area contributed by atoms with Crippen molar-refractivity contribution in [2.45, 2.75) is 51.9 Å². The van der Waals surface area contributed by atoms with Gasteiger partial charge in [0.1, 0.15) is 12.4 Å². The van der Waals surface area contributed by atoms with Gasteiger partial charge in [0.2, 0.25) is 0 Å². The Morgan fingerprint density at radius 3 is 2.71 bits per heavy atom. The fourth-order valence-electron chi connectivity index (χ4n) is 5.15. The minimum absolute atomic E-state index is 0.0833. The fraction of sp³-hybridized carbons (Fsp3) is 0.423. The summed E-state index contributed by atoms with van der Waals surface area (Å²) in [6.07, 6.45) is 1.74. The maximum atomic E-state index is 14.5. The number of aromatic nitrogens is 2. The SMILES string of the molecule is CC[C@@]1(O)C(=O)OCc2c1cc1n(c2=O)Cc2c-1nc1cc(F)c(C)cc1c2CCCN(C)C. The number of esters is 1. The predicted molar refractivity (Wildman–Crippen MR) is 126 cm³/mol. The lowest BCUT2D eigenvalue weighted by Crippen LogP contribution is -2.44. The summed E-state index contributed by atoms with van der Waals surface area (Å²) in [5.41, 5.74) is 2.62. The molecule has 5 rings (SSSR count). The van der Waals surface area contributed by atoms with E-state index in [1.807, 2.05) is 20.2 Å². The van der Waals surface area contributed by atoms with E-state index in [1.54, 1.807) is 24.5 Å². The van der Waals surface area contributed by atoms with Crippen molar-refractivity contribution in [3.05, 3.63) is 62.2 Å². The van der Waals surface area contributed by atoms with E-state index in [9.17, 15) is 19.1 Å². The summed E-state index contributed by atoms with van der Waals surface area (Å²) in [4.78, 5) is 32.8. The maximum Gasteiger partial charge on any atom is 0.343 e. The molecule has 1 aromatic carbocycles.